The van der Waals surface area contributed by atoms with Gasteiger partial charge >= 0.3 is 0 Å². The van der Waals surface area contributed by atoms with Crippen LogP contribution in [0.25, 0.3) is 0 Å². The van der Waals surface area contributed by atoms with Crippen molar-refractivity contribution in [2.75, 3.05) is 6.54 Å². The highest BCUT2D eigenvalue weighted by Crippen LogP contribution is 2.18. The van der Waals surface area contributed by atoms with Gasteiger partial charge in [-0.25, -0.2) is 0 Å². The molecule has 114 valence electrons. The molecule has 2 aromatic carbocycles. The van der Waals surface area contributed by atoms with E-state index in [-0.39, 0.29) is 12.0 Å². The van der Waals surface area contributed by atoms with Gasteiger partial charge in [0.1, 0.15) is 0 Å². The van der Waals surface area contributed by atoms with Crippen molar-refractivity contribution in [2.45, 2.75) is 32.1 Å². The average molecular weight is 295 g/mol. The quantitative estimate of drug-likeness (QED) is 0.846. The zero-order valence-electron chi connectivity index (χ0n) is 12.7. The van der Waals surface area contributed by atoms with Gasteiger partial charge < -0.3 is 9.64 Å². The van der Waals surface area contributed by atoms with Gasteiger partial charge in [-0.1, -0.05) is 60.7 Å². The molecule has 1 atom stereocenters. The summed E-state index contributed by atoms with van der Waals surface area (Å²) in [6.45, 7) is 1.96. The van der Waals surface area contributed by atoms with E-state index in [1.54, 1.807) is 0 Å². The van der Waals surface area contributed by atoms with Crippen molar-refractivity contribution in [3.05, 3.63) is 71.8 Å². The third-order valence-electron chi connectivity index (χ3n) is 4.00. The Labute approximate surface area is 131 Å². The Morgan fingerprint density at radius 2 is 1.59 bits per heavy atom. The number of carbonyl (C=O) groups is 1. The topological polar surface area (TPSA) is 29.5 Å². The van der Waals surface area contributed by atoms with Crippen molar-refractivity contribution in [2.24, 2.45) is 0 Å². The van der Waals surface area contributed by atoms with E-state index in [2.05, 4.69) is 24.3 Å². The first-order valence-electron chi connectivity index (χ1n) is 7.78. The van der Waals surface area contributed by atoms with Crippen molar-refractivity contribution >= 4 is 5.91 Å². The van der Waals surface area contributed by atoms with Gasteiger partial charge in [-0.2, -0.15) is 0 Å². The second-order valence-electron chi connectivity index (χ2n) is 5.72. The van der Waals surface area contributed by atoms with E-state index in [9.17, 15) is 4.79 Å². The number of amides is 1. The summed E-state index contributed by atoms with van der Waals surface area (Å²) in [6, 6.07) is 20.3. The van der Waals surface area contributed by atoms with Crippen molar-refractivity contribution in [3.8, 4) is 0 Å². The Balaban J connectivity index is 1.55. The number of nitrogens with zero attached hydrogens (tertiary/aromatic N) is 1. The zero-order valence-corrected chi connectivity index (χ0v) is 12.7. The number of likely N-dealkylation sites (tertiary alicyclic amines) is 1. The molecule has 3 rings (SSSR count). The summed E-state index contributed by atoms with van der Waals surface area (Å²) < 4.78 is 5.99. The molecule has 2 aromatic rings. The second kappa shape index (κ2) is 7.23. The predicted octanol–water partition coefficient (Wildman–Crippen LogP) is 3.39. The summed E-state index contributed by atoms with van der Waals surface area (Å²) in [5.74, 6) is 0.225. The SMILES string of the molecule is O=C1CC[C@@H](OCc2ccccc2)CN1Cc1ccccc1. The molecule has 0 spiro atoms. The first-order chi connectivity index (χ1) is 10.8. The Morgan fingerprint density at radius 3 is 2.27 bits per heavy atom. The molecule has 3 nitrogen and oxygen atoms in total. The van der Waals surface area contributed by atoms with Crippen LogP contribution in [0.4, 0.5) is 0 Å². The molecule has 0 N–H and O–H groups in total. The van der Waals surface area contributed by atoms with Crippen molar-refractivity contribution in [3.63, 3.8) is 0 Å². The summed E-state index contributed by atoms with van der Waals surface area (Å²) in [4.78, 5) is 14.0. The fourth-order valence-corrected chi connectivity index (χ4v) is 2.76. The second-order valence-corrected chi connectivity index (χ2v) is 5.72. The highest BCUT2D eigenvalue weighted by Gasteiger charge is 2.26. The maximum Gasteiger partial charge on any atom is 0.223 e. The predicted molar refractivity (Wildman–Crippen MR) is 86.1 cm³/mol. The summed E-state index contributed by atoms with van der Waals surface area (Å²) in [5.41, 5.74) is 2.34. The van der Waals surface area contributed by atoms with Gasteiger partial charge in [-0.05, 0) is 17.5 Å². The Hall–Kier alpha value is -2.13. The third-order valence-corrected chi connectivity index (χ3v) is 4.00. The van der Waals surface area contributed by atoms with Gasteiger partial charge in [0.25, 0.3) is 0 Å². The van der Waals surface area contributed by atoms with Crippen molar-refractivity contribution < 1.29 is 9.53 Å². The van der Waals surface area contributed by atoms with Crippen LogP contribution in [0, 0.1) is 0 Å². The van der Waals surface area contributed by atoms with E-state index < -0.39 is 0 Å². The average Bonchev–Trinajstić information content (AvgIpc) is 2.57. The lowest BCUT2D eigenvalue weighted by atomic mass is 10.1. The fourth-order valence-electron chi connectivity index (χ4n) is 2.76. The van der Waals surface area contributed by atoms with E-state index in [1.165, 1.54) is 11.1 Å². The largest absolute Gasteiger partial charge is 0.372 e. The maximum atomic E-state index is 12.1. The molecule has 0 aliphatic carbocycles. The van der Waals surface area contributed by atoms with Gasteiger partial charge in [-0.3, -0.25) is 4.79 Å². The Bertz CT molecular complexity index is 597. The third kappa shape index (κ3) is 3.95. The standard InChI is InChI=1S/C19H21NO2/c21-19-12-11-18(22-15-17-9-5-2-6-10-17)14-20(19)13-16-7-3-1-4-8-16/h1-10,18H,11-15H2/t18-/m1/s1. The number of piperidine rings is 1. The number of hydrogen-bond acceptors (Lipinski definition) is 2. The van der Waals surface area contributed by atoms with Crippen LogP contribution in [0.1, 0.15) is 24.0 Å². The first kappa shape index (κ1) is 14.8. The molecule has 22 heavy (non-hydrogen) atoms. The molecule has 1 aliphatic heterocycles. The normalized spacial score (nSPS) is 18.5. The van der Waals surface area contributed by atoms with E-state index >= 15 is 0 Å². The minimum absolute atomic E-state index is 0.126. The van der Waals surface area contributed by atoms with Gasteiger partial charge in [0.15, 0.2) is 0 Å². The van der Waals surface area contributed by atoms with Crippen LogP contribution in [0.5, 0.6) is 0 Å². The molecule has 0 saturated carbocycles. The zero-order chi connectivity index (χ0) is 15.2. The van der Waals surface area contributed by atoms with Crippen LogP contribution in [-0.2, 0) is 22.7 Å². The van der Waals surface area contributed by atoms with Crippen LogP contribution in [0.2, 0.25) is 0 Å². The number of hydrogen-bond donors (Lipinski definition) is 0. The van der Waals surface area contributed by atoms with E-state index in [1.807, 2.05) is 41.3 Å². The lowest BCUT2D eigenvalue weighted by Gasteiger charge is -2.32. The number of carbonyl (C=O) groups excluding carboxylic acids is 1. The van der Waals surface area contributed by atoms with E-state index in [4.69, 9.17) is 4.74 Å². The van der Waals surface area contributed by atoms with Gasteiger partial charge in [0.05, 0.1) is 12.7 Å². The number of benzene rings is 2. The van der Waals surface area contributed by atoms with Crippen LogP contribution >= 0.6 is 0 Å². The molecule has 0 radical (unpaired) electrons. The molecule has 1 amide bonds. The van der Waals surface area contributed by atoms with Gasteiger partial charge in [-0.15, -0.1) is 0 Å². The van der Waals surface area contributed by atoms with E-state index in [0.717, 1.165) is 6.42 Å². The molecule has 1 heterocycles. The lowest BCUT2D eigenvalue weighted by molar-refractivity contribution is -0.139. The Kier molecular flexibility index (Phi) is 4.86. The van der Waals surface area contributed by atoms with Gasteiger partial charge in [0.2, 0.25) is 5.91 Å². The number of ether oxygens (including phenoxy) is 1. The molecular weight excluding hydrogens is 274 g/mol. The molecule has 1 aliphatic rings. The summed E-state index contributed by atoms with van der Waals surface area (Å²) >= 11 is 0. The molecule has 0 unspecified atom stereocenters. The monoisotopic (exact) mass is 295 g/mol. The minimum atomic E-state index is 0.126. The maximum absolute atomic E-state index is 12.1. The highest BCUT2D eigenvalue weighted by molar-refractivity contribution is 5.77. The molecule has 0 aromatic heterocycles. The van der Waals surface area contributed by atoms with Crippen LogP contribution in [-0.4, -0.2) is 23.5 Å². The molecule has 1 saturated heterocycles. The lowest BCUT2D eigenvalue weighted by Crippen LogP contribution is -2.42. The summed E-state index contributed by atoms with van der Waals surface area (Å²) in [6.07, 6.45) is 1.52. The summed E-state index contributed by atoms with van der Waals surface area (Å²) in [5, 5.41) is 0. The fraction of sp³-hybridized carbons (Fsp3) is 0.316. The first-order valence-corrected chi connectivity index (χ1v) is 7.78. The summed E-state index contributed by atoms with van der Waals surface area (Å²) in [7, 11) is 0. The van der Waals surface area contributed by atoms with E-state index in [0.29, 0.717) is 26.1 Å². The molecule has 3 heteroatoms. The van der Waals surface area contributed by atoms with Crippen LogP contribution < -0.4 is 0 Å². The van der Waals surface area contributed by atoms with Crippen LogP contribution in [0.15, 0.2) is 60.7 Å². The minimum Gasteiger partial charge on any atom is -0.372 e. The van der Waals surface area contributed by atoms with Crippen molar-refractivity contribution in [1.29, 1.82) is 0 Å². The smallest absolute Gasteiger partial charge is 0.223 e. The molecular formula is C19H21NO2. The number of rotatable bonds is 5. The van der Waals surface area contributed by atoms with Crippen LogP contribution in [0.3, 0.4) is 0 Å². The molecule has 1 fully saturated rings. The van der Waals surface area contributed by atoms with Crippen molar-refractivity contribution in [1.82, 2.24) is 4.90 Å². The highest BCUT2D eigenvalue weighted by atomic mass is 16.5. The van der Waals surface area contributed by atoms with Gasteiger partial charge in [0, 0.05) is 19.5 Å². The molecule has 0 bridgehead atoms. The Morgan fingerprint density at radius 1 is 0.955 bits per heavy atom.